The summed E-state index contributed by atoms with van der Waals surface area (Å²) in [5.41, 5.74) is 3.05. The van der Waals surface area contributed by atoms with Crippen molar-refractivity contribution in [1.29, 1.82) is 0 Å². The van der Waals surface area contributed by atoms with E-state index in [-0.39, 0.29) is 0 Å². The lowest BCUT2D eigenvalue weighted by atomic mass is 10.1. The lowest BCUT2D eigenvalue weighted by Crippen LogP contribution is -1.94. The number of aliphatic hydroxyl groups is 2. The van der Waals surface area contributed by atoms with Crippen molar-refractivity contribution in [3.05, 3.63) is 34.9 Å². The van der Waals surface area contributed by atoms with Gasteiger partial charge in [-0.25, -0.2) is 0 Å². The number of fused-ring (bicyclic) bond motifs is 2. The highest BCUT2D eigenvalue weighted by atomic mass is 16.5. The van der Waals surface area contributed by atoms with E-state index in [0.717, 1.165) is 12.8 Å². The fourth-order valence-electron chi connectivity index (χ4n) is 1.52. The van der Waals surface area contributed by atoms with Crippen molar-refractivity contribution in [3.63, 3.8) is 0 Å². The minimum Gasteiger partial charge on any atom is -0.364 e. The summed E-state index contributed by atoms with van der Waals surface area (Å²) in [5.74, 6) is 0. The van der Waals surface area contributed by atoms with Gasteiger partial charge in [0.25, 0.3) is 0 Å². The standard InChI is InChI=1S/C9H10O2/c10-9(11)8-4-6-1-2-7(3-6)5-8/h3-5,9-11H,1-2H2. The second kappa shape index (κ2) is 2.32. The van der Waals surface area contributed by atoms with Crippen LogP contribution in [-0.4, -0.2) is 10.2 Å². The highest BCUT2D eigenvalue weighted by Gasteiger charge is 2.11. The van der Waals surface area contributed by atoms with Gasteiger partial charge in [-0.2, -0.15) is 0 Å². The van der Waals surface area contributed by atoms with Gasteiger partial charge < -0.3 is 10.2 Å². The van der Waals surface area contributed by atoms with Crippen LogP contribution in [0.3, 0.4) is 0 Å². The normalized spacial score (nSPS) is 14.5. The van der Waals surface area contributed by atoms with Gasteiger partial charge in [-0.15, -0.1) is 0 Å². The van der Waals surface area contributed by atoms with E-state index in [1.165, 1.54) is 11.1 Å². The Kier molecular flexibility index (Phi) is 1.44. The van der Waals surface area contributed by atoms with Crippen LogP contribution in [0, 0.1) is 0 Å². The molecule has 0 fully saturated rings. The number of rotatable bonds is 1. The molecule has 2 N–H and O–H groups in total. The summed E-state index contributed by atoms with van der Waals surface area (Å²) < 4.78 is 0. The van der Waals surface area contributed by atoms with Gasteiger partial charge in [0, 0.05) is 5.56 Å². The van der Waals surface area contributed by atoms with E-state index in [1.54, 1.807) is 0 Å². The molecular formula is C9H10O2. The fourth-order valence-corrected chi connectivity index (χ4v) is 1.52. The van der Waals surface area contributed by atoms with Crippen LogP contribution < -0.4 is 0 Å². The van der Waals surface area contributed by atoms with Crippen molar-refractivity contribution in [3.8, 4) is 0 Å². The first-order valence-corrected chi connectivity index (χ1v) is 3.74. The predicted molar refractivity (Wildman–Crippen MR) is 41.0 cm³/mol. The van der Waals surface area contributed by atoms with Crippen molar-refractivity contribution in [2.75, 3.05) is 0 Å². The molecule has 1 aliphatic rings. The summed E-state index contributed by atoms with van der Waals surface area (Å²) in [7, 11) is 0. The molecular weight excluding hydrogens is 140 g/mol. The summed E-state index contributed by atoms with van der Waals surface area (Å²) >= 11 is 0. The predicted octanol–water partition coefficient (Wildman–Crippen LogP) is 0.768. The van der Waals surface area contributed by atoms with E-state index in [2.05, 4.69) is 6.07 Å². The Morgan fingerprint density at radius 1 is 1.00 bits per heavy atom. The van der Waals surface area contributed by atoms with E-state index in [0.29, 0.717) is 5.56 Å². The molecule has 0 aliphatic heterocycles. The smallest absolute Gasteiger partial charge is 0.178 e. The zero-order valence-corrected chi connectivity index (χ0v) is 6.12. The first kappa shape index (κ1) is 6.83. The second-order valence-electron chi connectivity index (χ2n) is 2.96. The first-order valence-electron chi connectivity index (χ1n) is 3.74. The molecule has 2 rings (SSSR count). The van der Waals surface area contributed by atoms with Gasteiger partial charge in [-0.1, -0.05) is 18.2 Å². The lowest BCUT2D eigenvalue weighted by Gasteiger charge is -2.03. The Morgan fingerprint density at radius 2 is 1.55 bits per heavy atom. The van der Waals surface area contributed by atoms with Crippen molar-refractivity contribution < 1.29 is 10.2 Å². The van der Waals surface area contributed by atoms with E-state index >= 15 is 0 Å². The third kappa shape index (κ3) is 1.15. The maximum Gasteiger partial charge on any atom is 0.178 e. The Morgan fingerprint density at radius 3 is 2.00 bits per heavy atom. The monoisotopic (exact) mass is 150 g/mol. The number of benzene rings is 1. The van der Waals surface area contributed by atoms with Crippen LogP contribution in [0.25, 0.3) is 0 Å². The summed E-state index contributed by atoms with van der Waals surface area (Å²) in [4.78, 5) is 0. The molecule has 1 aromatic carbocycles. The summed E-state index contributed by atoms with van der Waals surface area (Å²) in [5, 5.41) is 17.7. The van der Waals surface area contributed by atoms with Crippen LogP contribution in [0.4, 0.5) is 0 Å². The van der Waals surface area contributed by atoms with Crippen LogP contribution in [0.15, 0.2) is 18.2 Å². The molecule has 0 saturated heterocycles. The van der Waals surface area contributed by atoms with E-state index in [4.69, 9.17) is 10.2 Å². The van der Waals surface area contributed by atoms with E-state index in [1.807, 2.05) is 12.1 Å². The second-order valence-corrected chi connectivity index (χ2v) is 2.96. The molecule has 0 atom stereocenters. The molecule has 0 amide bonds. The van der Waals surface area contributed by atoms with Crippen LogP contribution >= 0.6 is 0 Å². The third-order valence-corrected chi connectivity index (χ3v) is 2.08. The highest BCUT2D eigenvalue weighted by Crippen LogP contribution is 2.22. The molecule has 0 saturated carbocycles. The fraction of sp³-hybridized carbons (Fsp3) is 0.333. The molecule has 58 valence electrons. The molecule has 2 bridgehead atoms. The molecule has 1 aromatic rings. The molecule has 0 unspecified atom stereocenters. The topological polar surface area (TPSA) is 40.5 Å². The van der Waals surface area contributed by atoms with Gasteiger partial charge in [-0.05, 0) is 24.0 Å². The SMILES string of the molecule is OC(O)c1cc2cc(c1)CC2. The van der Waals surface area contributed by atoms with Gasteiger partial charge in [0.05, 0.1) is 0 Å². The molecule has 0 radical (unpaired) electrons. The number of hydrogen-bond donors (Lipinski definition) is 2. The lowest BCUT2D eigenvalue weighted by molar-refractivity contribution is -0.0425. The minimum absolute atomic E-state index is 0.620. The van der Waals surface area contributed by atoms with Crippen molar-refractivity contribution in [2.24, 2.45) is 0 Å². The van der Waals surface area contributed by atoms with Gasteiger partial charge in [0.2, 0.25) is 0 Å². The number of hydrogen-bond acceptors (Lipinski definition) is 2. The van der Waals surface area contributed by atoms with Crippen LogP contribution in [0.1, 0.15) is 23.0 Å². The van der Waals surface area contributed by atoms with Gasteiger partial charge in [0.15, 0.2) is 6.29 Å². The Hall–Kier alpha value is -0.860. The maximum absolute atomic E-state index is 8.86. The molecule has 2 heteroatoms. The van der Waals surface area contributed by atoms with Crippen molar-refractivity contribution >= 4 is 0 Å². The molecule has 0 spiro atoms. The first-order chi connectivity index (χ1) is 5.25. The van der Waals surface area contributed by atoms with Gasteiger partial charge in [-0.3, -0.25) is 0 Å². The quantitative estimate of drug-likeness (QED) is 0.580. The summed E-state index contributed by atoms with van der Waals surface area (Å²) in [6, 6.07) is 5.80. The maximum atomic E-state index is 8.86. The molecule has 1 aliphatic carbocycles. The zero-order chi connectivity index (χ0) is 7.84. The van der Waals surface area contributed by atoms with Crippen LogP contribution in [0.2, 0.25) is 0 Å². The largest absolute Gasteiger partial charge is 0.364 e. The summed E-state index contributed by atoms with van der Waals surface area (Å²) in [6.45, 7) is 0. The zero-order valence-electron chi connectivity index (χ0n) is 6.12. The average Bonchev–Trinajstić information content (AvgIpc) is 2.30. The molecule has 2 nitrogen and oxygen atoms in total. The van der Waals surface area contributed by atoms with Crippen molar-refractivity contribution in [2.45, 2.75) is 19.1 Å². The number of aryl methyl sites for hydroxylation is 2. The van der Waals surface area contributed by atoms with Crippen LogP contribution in [0.5, 0.6) is 0 Å². The highest BCUT2D eigenvalue weighted by molar-refractivity contribution is 5.35. The Bertz CT molecular complexity index is 257. The van der Waals surface area contributed by atoms with Gasteiger partial charge in [0.1, 0.15) is 0 Å². The molecule has 11 heavy (non-hydrogen) atoms. The number of aliphatic hydroxyl groups excluding tert-OH is 1. The Balaban J connectivity index is 2.45. The minimum atomic E-state index is -1.31. The van der Waals surface area contributed by atoms with E-state index in [9.17, 15) is 0 Å². The van der Waals surface area contributed by atoms with Gasteiger partial charge >= 0.3 is 0 Å². The van der Waals surface area contributed by atoms with E-state index < -0.39 is 6.29 Å². The van der Waals surface area contributed by atoms with Crippen molar-refractivity contribution in [1.82, 2.24) is 0 Å². The molecule has 0 aromatic heterocycles. The summed E-state index contributed by atoms with van der Waals surface area (Å²) in [6.07, 6.45) is 0.774. The average molecular weight is 150 g/mol. The van der Waals surface area contributed by atoms with Crippen LogP contribution in [-0.2, 0) is 12.8 Å². The third-order valence-electron chi connectivity index (χ3n) is 2.08. The Labute approximate surface area is 65.1 Å². The molecule has 0 heterocycles.